The normalized spacial score (nSPS) is 22.6. The van der Waals surface area contributed by atoms with Gasteiger partial charge in [-0.1, -0.05) is 0 Å². The number of rotatable bonds is 4. The number of carbonyl (C=O) groups is 2. The number of amides is 2. The van der Waals surface area contributed by atoms with Crippen LogP contribution in [0.15, 0.2) is 18.2 Å². The first-order valence-electron chi connectivity index (χ1n) is 10.0. The van der Waals surface area contributed by atoms with Crippen LogP contribution in [0.3, 0.4) is 0 Å². The maximum absolute atomic E-state index is 12.7. The quantitative estimate of drug-likeness (QED) is 0.831. The Morgan fingerprint density at radius 2 is 1.79 bits per heavy atom. The standard InChI is InChI=1S/C20H27N3O5/c24-19(21-15-4-5-16-17(12-15)28-11-10-27-16)14-22-8-9-26-18(13-22)20(25)23-6-2-1-3-7-23/h4-5,12,18H,1-3,6-11,13-14H2,(H,21,24). The summed E-state index contributed by atoms with van der Waals surface area (Å²) in [7, 11) is 0. The Hall–Kier alpha value is -2.32. The van der Waals surface area contributed by atoms with Gasteiger partial charge in [0.1, 0.15) is 19.3 Å². The van der Waals surface area contributed by atoms with Crippen LogP contribution in [0.1, 0.15) is 19.3 Å². The van der Waals surface area contributed by atoms with Gasteiger partial charge < -0.3 is 24.4 Å². The van der Waals surface area contributed by atoms with E-state index in [4.69, 9.17) is 14.2 Å². The topological polar surface area (TPSA) is 80.3 Å². The lowest BCUT2D eigenvalue weighted by Crippen LogP contribution is -2.53. The average molecular weight is 389 g/mol. The molecule has 3 heterocycles. The summed E-state index contributed by atoms with van der Waals surface area (Å²) < 4.78 is 16.7. The van der Waals surface area contributed by atoms with E-state index in [0.29, 0.717) is 50.1 Å². The van der Waals surface area contributed by atoms with Gasteiger partial charge in [-0.15, -0.1) is 0 Å². The van der Waals surface area contributed by atoms with Crippen molar-refractivity contribution >= 4 is 17.5 Å². The zero-order valence-corrected chi connectivity index (χ0v) is 16.0. The molecule has 3 aliphatic rings. The van der Waals surface area contributed by atoms with E-state index in [1.54, 1.807) is 18.2 Å². The minimum atomic E-state index is -0.478. The predicted molar refractivity (Wildman–Crippen MR) is 103 cm³/mol. The minimum absolute atomic E-state index is 0.0524. The molecule has 0 bridgehead atoms. The lowest BCUT2D eigenvalue weighted by Gasteiger charge is -2.35. The van der Waals surface area contributed by atoms with Gasteiger partial charge in [-0.3, -0.25) is 14.5 Å². The summed E-state index contributed by atoms with van der Waals surface area (Å²) in [6.45, 7) is 4.43. The van der Waals surface area contributed by atoms with Crippen LogP contribution in [0.5, 0.6) is 11.5 Å². The van der Waals surface area contributed by atoms with E-state index in [2.05, 4.69) is 5.32 Å². The summed E-state index contributed by atoms with van der Waals surface area (Å²) in [4.78, 5) is 29.0. The van der Waals surface area contributed by atoms with Gasteiger partial charge in [0, 0.05) is 37.9 Å². The van der Waals surface area contributed by atoms with Crippen LogP contribution >= 0.6 is 0 Å². The molecule has 1 aromatic carbocycles. The second-order valence-electron chi connectivity index (χ2n) is 7.39. The van der Waals surface area contributed by atoms with E-state index in [1.165, 1.54) is 6.42 Å². The first kappa shape index (κ1) is 19.0. The van der Waals surface area contributed by atoms with Gasteiger partial charge >= 0.3 is 0 Å². The van der Waals surface area contributed by atoms with Crippen LogP contribution in [0, 0.1) is 0 Å². The van der Waals surface area contributed by atoms with Crippen molar-refractivity contribution < 1.29 is 23.8 Å². The van der Waals surface area contributed by atoms with Crippen LogP contribution < -0.4 is 14.8 Å². The molecule has 8 nitrogen and oxygen atoms in total. The summed E-state index contributed by atoms with van der Waals surface area (Å²) in [5, 5.41) is 2.89. The number of anilines is 1. The van der Waals surface area contributed by atoms with Crippen molar-refractivity contribution in [2.24, 2.45) is 0 Å². The Kier molecular flexibility index (Phi) is 5.97. The fourth-order valence-electron chi connectivity index (χ4n) is 3.84. The highest BCUT2D eigenvalue weighted by molar-refractivity contribution is 5.92. The molecule has 2 amide bonds. The molecular formula is C20H27N3O5. The fraction of sp³-hybridized carbons (Fsp3) is 0.600. The average Bonchev–Trinajstić information content (AvgIpc) is 2.74. The molecule has 0 aliphatic carbocycles. The number of ether oxygens (including phenoxy) is 3. The molecule has 1 N–H and O–H groups in total. The third kappa shape index (κ3) is 4.56. The highest BCUT2D eigenvalue weighted by atomic mass is 16.6. The Labute approximate surface area is 164 Å². The third-order valence-electron chi connectivity index (χ3n) is 5.29. The zero-order chi connectivity index (χ0) is 19.3. The molecule has 1 atom stereocenters. The molecule has 0 aromatic heterocycles. The number of hydrogen-bond donors (Lipinski definition) is 1. The Morgan fingerprint density at radius 3 is 2.61 bits per heavy atom. The smallest absolute Gasteiger partial charge is 0.253 e. The predicted octanol–water partition coefficient (Wildman–Crippen LogP) is 1.11. The molecule has 2 fully saturated rings. The Bertz CT molecular complexity index is 720. The van der Waals surface area contributed by atoms with E-state index in [-0.39, 0.29) is 18.4 Å². The second kappa shape index (κ2) is 8.79. The largest absolute Gasteiger partial charge is 0.486 e. The van der Waals surface area contributed by atoms with Crippen LogP contribution in [0.25, 0.3) is 0 Å². The van der Waals surface area contributed by atoms with Crippen molar-refractivity contribution in [1.29, 1.82) is 0 Å². The second-order valence-corrected chi connectivity index (χ2v) is 7.39. The lowest BCUT2D eigenvalue weighted by atomic mass is 10.1. The first-order chi connectivity index (χ1) is 13.7. The molecule has 0 saturated carbocycles. The molecule has 3 aliphatic heterocycles. The van der Waals surface area contributed by atoms with E-state index in [9.17, 15) is 9.59 Å². The highest BCUT2D eigenvalue weighted by Gasteiger charge is 2.31. The van der Waals surface area contributed by atoms with Gasteiger partial charge in [-0.25, -0.2) is 0 Å². The maximum Gasteiger partial charge on any atom is 0.253 e. The van der Waals surface area contributed by atoms with Crippen LogP contribution in [0.2, 0.25) is 0 Å². The molecule has 1 aromatic rings. The van der Waals surface area contributed by atoms with E-state index in [1.807, 2.05) is 9.80 Å². The first-order valence-corrected chi connectivity index (χ1v) is 10.0. The molecule has 0 spiro atoms. The van der Waals surface area contributed by atoms with Crippen LogP contribution in [-0.2, 0) is 14.3 Å². The highest BCUT2D eigenvalue weighted by Crippen LogP contribution is 2.32. The third-order valence-corrected chi connectivity index (χ3v) is 5.29. The molecule has 1 unspecified atom stereocenters. The Balaban J connectivity index is 1.29. The van der Waals surface area contributed by atoms with Gasteiger partial charge in [0.05, 0.1) is 13.2 Å². The van der Waals surface area contributed by atoms with Gasteiger partial charge in [-0.05, 0) is 31.4 Å². The van der Waals surface area contributed by atoms with Gasteiger partial charge in [0.2, 0.25) is 5.91 Å². The lowest BCUT2D eigenvalue weighted by molar-refractivity contribution is -0.151. The van der Waals surface area contributed by atoms with E-state index in [0.717, 1.165) is 25.9 Å². The Morgan fingerprint density at radius 1 is 1.00 bits per heavy atom. The van der Waals surface area contributed by atoms with Crippen molar-refractivity contribution in [2.45, 2.75) is 25.4 Å². The van der Waals surface area contributed by atoms with Crippen molar-refractivity contribution in [2.75, 3.05) is 57.9 Å². The fourth-order valence-corrected chi connectivity index (χ4v) is 3.84. The van der Waals surface area contributed by atoms with Gasteiger partial charge in [-0.2, -0.15) is 0 Å². The number of hydrogen-bond acceptors (Lipinski definition) is 6. The number of likely N-dealkylation sites (tertiary alicyclic amines) is 1. The summed E-state index contributed by atoms with van der Waals surface area (Å²) in [6.07, 6.45) is 2.82. The number of nitrogens with zero attached hydrogens (tertiary/aromatic N) is 2. The number of benzene rings is 1. The molecule has 2 saturated heterocycles. The van der Waals surface area contributed by atoms with E-state index >= 15 is 0 Å². The van der Waals surface area contributed by atoms with Gasteiger partial charge in [0.15, 0.2) is 11.5 Å². The van der Waals surface area contributed by atoms with Crippen molar-refractivity contribution in [3.8, 4) is 11.5 Å². The number of nitrogens with one attached hydrogen (secondary N) is 1. The number of fused-ring (bicyclic) bond motifs is 1. The van der Waals surface area contributed by atoms with Crippen LogP contribution in [0.4, 0.5) is 5.69 Å². The summed E-state index contributed by atoms with van der Waals surface area (Å²) in [5.41, 5.74) is 0.670. The molecular weight excluding hydrogens is 362 g/mol. The molecule has 8 heteroatoms. The molecule has 152 valence electrons. The summed E-state index contributed by atoms with van der Waals surface area (Å²) in [5.74, 6) is 1.26. The van der Waals surface area contributed by atoms with Crippen molar-refractivity contribution in [3.05, 3.63) is 18.2 Å². The monoisotopic (exact) mass is 389 g/mol. The zero-order valence-electron chi connectivity index (χ0n) is 16.0. The molecule has 4 rings (SSSR count). The SMILES string of the molecule is O=C(CN1CCOC(C(=O)N2CCCCC2)C1)Nc1ccc2c(c1)OCCO2. The number of piperidine rings is 1. The van der Waals surface area contributed by atoms with Crippen molar-refractivity contribution in [1.82, 2.24) is 9.80 Å². The van der Waals surface area contributed by atoms with Gasteiger partial charge in [0.25, 0.3) is 5.91 Å². The van der Waals surface area contributed by atoms with Crippen LogP contribution in [-0.4, -0.2) is 80.3 Å². The van der Waals surface area contributed by atoms with E-state index < -0.39 is 6.10 Å². The minimum Gasteiger partial charge on any atom is -0.486 e. The molecule has 28 heavy (non-hydrogen) atoms. The number of carbonyl (C=O) groups excluding carboxylic acids is 2. The summed E-state index contributed by atoms with van der Waals surface area (Å²) >= 11 is 0. The summed E-state index contributed by atoms with van der Waals surface area (Å²) in [6, 6.07) is 5.37. The van der Waals surface area contributed by atoms with Crippen molar-refractivity contribution in [3.63, 3.8) is 0 Å². The maximum atomic E-state index is 12.7. The molecule has 0 radical (unpaired) electrons. The number of morpholine rings is 1.